The van der Waals surface area contributed by atoms with Crippen molar-refractivity contribution in [2.24, 2.45) is 5.92 Å². The molecule has 1 aromatic carbocycles. The first-order chi connectivity index (χ1) is 12.0. The molecule has 0 radical (unpaired) electrons. The molecule has 2 heterocycles. The van der Waals surface area contributed by atoms with Crippen molar-refractivity contribution in [3.8, 4) is 0 Å². The van der Waals surface area contributed by atoms with Crippen LogP contribution in [-0.4, -0.2) is 29.3 Å². The van der Waals surface area contributed by atoms with E-state index in [4.69, 9.17) is 16.3 Å². The summed E-state index contributed by atoms with van der Waals surface area (Å²) in [6.45, 7) is 5.24. The van der Waals surface area contributed by atoms with Crippen molar-refractivity contribution in [2.75, 3.05) is 23.8 Å². The monoisotopic (exact) mass is 360 g/mol. The summed E-state index contributed by atoms with van der Waals surface area (Å²) in [5.41, 5.74) is 2.94. The number of ether oxygens (including phenoxy) is 1. The van der Waals surface area contributed by atoms with Gasteiger partial charge in [0.05, 0.1) is 10.7 Å². The van der Waals surface area contributed by atoms with E-state index >= 15 is 0 Å². The molecule has 0 aliphatic carbocycles. The third-order valence-electron chi connectivity index (χ3n) is 4.19. The van der Waals surface area contributed by atoms with E-state index in [9.17, 15) is 4.79 Å². The molecule has 1 fully saturated rings. The number of hydrogen-bond donors (Lipinski definition) is 2. The van der Waals surface area contributed by atoms with Crippen LogP contribution in [0.25, 0.3) is 0 Å². The summed E-state index contributed by atoms with van der Waals surface area (Å²) in [7, 11) is 0. The maximum absolute atomic E-state index is 12.2. The summed E-state index contributed by atoms with van der Waals surface area (Å²) in [5.74, 6) is 0.949. The van der Waals surface area contributed by atoms with E-state index in [0.717, 1.165) is 29.7 Å². The van der Waals surface area contributed by atoms with Crippen LogP contribution in [0.3, 0.4) is 0 Å². The Labute approximate surface area is 151 Å². The van der Waals surface area contributed by atoms with Gasteiger partial charge in [0.25, 0.3) is 0 Å². The molecule has 1 aromatic heterocycles. The molecule has 3 rings (SSSR count). The Hall–Kier alpha value is -2.18. The van der Waals surface area contributed by atoms with Gasteiger partial charge < -0.3 is 15.4 Å². The summed E-state index contributed by atoms with van der Waals surface area (Å²) in [6, 6.07) is 7.43. The minimum atomic E-state index is -0.0317. The van der Waals surface area contributed by atoms with E-state index in [1.165, 1.54) is 0 Å². The number of amides is 1. The largest absolute Gasteiger partial charge is 0.381 e. The lowest BCUT2D eigenvalue weighted by Gasteiger charge is -2.20. The molecule has 0 spiro atoms. The topological polar surface area (TPSA) is 76.1 Å². The Bertz CT molecular complexity index is 735. The summed E-state index contributed by atoms with van der Waals surface area (Å²) in [6.07, 6.45) is 1.48. The molecule has 0 bridgehead atoms. The molecule has 1 aliphatic heterocycles. The van der Waals surface area contributed by atoms with Crippen molar-refractivity contribution in [1.82, 2.24) is 10.2 Å². The van der Waals surface area contributed by atoms with Crippen molar-refractivity contribution in [3.05, 3.63) is 40.4 Å². The highest BCUT2D eigenvalue weighted by atomic mass is 35.5. The number of aromatic nitrogens is 2. The van der Waals surface area contributed by atoms with Gasteiger partial charge in [-0.3, -0.25) is 4.79 Å². The van der Waals surface area contributed by atoms with Crippen LogP contribution in [0, 0.1) is 19.8 Å². The third-order valence-corrected chi connectivity index (χ3v) is 4.49. The predicted octanol–water partition coefficient (Wildman–Crippen LogP) is 3.86. The predicted molar refractivity (Wildman–Crippen MR) is 98.4 cm³/mol. The first kappa shape index (κ1) is 17.6. The second-order valence-electron chi connectivity index (χ2n) is 6.24. The first-order valence-electron chi connectivity index (χ1n) is 8.29. The van der Waals surface area contributed by atoms with Crippen LogP contribution in [0.15, 0.2) is 24.3 Å². The number of anilines is 3. The fourth-order valence-corrected chi connectivity index (χ4v) is 3.22. The number of nitrogens with zero attached hydrogens (tertiary/aromatic N) is 2. The highest BCUT2D eigenvalue weighted by Gasteiger charge is 2.21. The summed E-state index contributed by atoms with van der Waals surface area (Å²) < 4.78 is 5.27. The number of rotatable bonds is 4. The van der Waals surface area contributed by atoms with Gasteiger partial charge in [-0.25, -0.2) is 0 Å². The van der Waals surface area contributed by atoms with Crippen LogP contribution in [0.5, 0.6) is 0 Å². The average Bonchev–Trinajstić information content (AvgIpc) is 2.60. The molecule has 1 saturated heterocycles. The minimum Gasteiger partial charge on any atom is -0.381 e. The van der Waals surface area contributed by atoms with Crippen LogP contribution in [0.2, 0.25) is 5.02 Å². The number of aryl methyl sites for hydroxylation is 2. The number of nitrogens with one attached hydrogen (secondary N) is 2. The molecule has 2 aromatic rings. The molecular formula is C18H21ClN4O2. The molecule has 0 saturated carbocycles. The van der Waals surface area contributed by atoms with Crippen molar-refractivity contribution < 1.29 is 9.53 Å². The van der Waals surface area contributed by atoms with Gasteiger partial charge in [-0.15, -0.1) is 10.2 Å². The SMILES string of the molecule is Cc1cc(C)c(Nc2ccc(NC(=O)C3CCOCC3)nn2)c(Cl)c1. The Morgan fingerprint density at radius 1 is 1.16 bits per heavy atom. The normalized spacial score (nSPS) is 15.0. The van der Waals surface area contributed by atoms with E-state index in [1.54, 1.807) is 12.1 Å². The Morgan fingerprint density at radius 3 is 2.48 bits per heavy atom. The lowest BCUT2D eigenvalue weighted by molar-refractivity contribution is -0.122. The van der Waals surface area contributed by atoms with Gasteiger partial charge in [-0.1, -0.05) is 17.7 Å². The van der Waals surface area contributed by atoms with Gasteiger partial charge in [0.1, 0.15) is 0 Å². The van der Waals surface area contributed by atoms with Crippen molar-refractivity contribution in [2.45, 2.75) is 26.7 Å². The van der Waals surface area contributed by atoms with Crippen molar-refractivity contribution in [3.63, 3.8) is 0 Å². The molecule has 0 atom stereocenters. The average molecular weight is 361 g/mol. The number of hydrogen-bond acceptors (Lipinski definition) is 5. The lowest BCUT2D eigenvalue weighted by atomic mass is 9.99. The molecule has 6 nitrogen and oxygen atoms in total. The Morgan fingerprint density at radius 2 is 1.84 bits per heavy atom. The number of halogens is 1. The third kappa shape index (κ3) is 4.46. The zero-order valence-electron chi connectivity index (χ0n) is 14.3. The highest BCUT2D eigenvalue weighted by molar-refractivity contribution is 6.33. The molecule has 1 amide bonds. The van der Waals surface area contributed by atoms with E-state index < -0.39 is 0 Å². The van der Waals surface area contributed by atoms with Crippen LogP contribution in [-0.2, 0) is 9.53 Å². The summed E-state index contributed by atoms with van der Waals surface area (Å²) in [5, 5.41) is 14.8. The Kier molecular flexibility index (Phi) is 5.50. The van der Waals surface area contributed by atoms with Crippen LogP contribution >= 0.6 is 11.6 Å². The summed E-state index contributed by atoms with van der Waals surface area (Å²) in [4.78, 5) is 12.2. The molecule has 25 heavy (non-hydrogen) atoms. The second kappa shape index (κ2) is 7.80. The summed E-state index contributed by atoms with van der Waals surface area (Å²) >= 11 is 6.29. The van der Waals surface area contributed by atoms with E-state index in [1.807, 2.05) is 26.0 Å². The molecule has 0 unspecified atom stereocenters. The number of carbonyl (C=O) groups excluding carboxylic acids is 1. The molecule has 7 heteroatoms. The van der Waals surface area contributed by atoms with E-state index in [0.29, 0.717) is 29.9 Å². The van der Waals surface area contributed by atoms with Gasteiger partial charge in [0.15, 0.2) is 11.6 Å². The highest BCUT2D eigenvalue weighted by Crippen LogP contribution is 2.29. The van der Waals surface area contributed by atoms with Gasteiger partial charge >= 0.3 is 0 Å². The lowest BCUT2D eigenvalue weighted by Crippen LogP contribution is -2.28. The standard InChI is InChI=1S/C18H21ClN4O2/c1-11-9-12(2)17(14(19)10-11)20-15-3-4-16(23-22-15)21-18(24)13-5-7-25-8-6-13/h3-4,9-10,13H,5-8H2,1-2H3,(H,20,22)(H,21,23,24). The zero-order chi connectivity index (χ0) is 17.8. The van der Waals surface area contributed by atoms with Crippen LogP contribution < -0.4 is 10.6 Å². The van der Waals surface area contributed by atoms with Gasteiger partial charge in [0, 0.05) is 19.1 Å². The smallest absolute Gasteiger partial charge is 0.228 e. The van der Waals surface area contributed by atoms with E-state index in [-0.39, 0.29) is 11.8 Å². The van der Waals surface area contributed by atoms with Gasteiger partial charge in [-0.2, -0.15) is 0 Å². The molecule has 132 valence electrons. The molecular weight excluding hydrogens is 340 g/mol. The second-order valence-corrected chi connectivity index (χ2v) is 6.65. The van der Waals surface area contributed by atoms with Gasteiger partial charge in [0.2, 0.25) is 5.91 Å². The van der Waals surface area contributed by atoms with Crippen molar-refractivity contribution in [1.29, 1.82) is 0 Å². The fraction of sp³-hybridized carbons (Fsp3) is 0.389. The maximum atomic E-state index is 12.2. The van der Waals surface area contributed by atoms with Gasteiger partial charge in [-0.05, 0) is 56.0 Å². The maximum Gasteiger partial charge on any atom is 0.228 e. The fourth-order valence-electron chi connectivity index (χ4n) is 2.86. The van der Waals surface area contributed by atoms with E-state index in [2.05, 4.69) is 20.8 Å². The van der Waals surface area contributed by atoms with Crippen LogP contribution in [0.1, 0.15) is 24.0 Å². The molecule has 1 aliphatic rings. The van der Waals surface area contributed by atoms with Crippen molar-refractivity contribution >= 4 is 34.8 Å². The van der Waals surface area contributed by atoms with Crippen LogP contribution in [0.4, 0.5) is 17.3 Å². The Balaban J connectivity index is 1.65. The molecule has 2 N–H and O–H groups in total. The number of carbonyl (C=O) groups is 1. The number of benzene rings is 1. The zero-order valence-corrected chi connectivity index (χ0v) is 15.1. The minimum absolute atomic E-state index is 0.0256. The quantitative estimate of drug-likeness (QED) is 0.865. The first-order valence-corrected chi connectivity index (χ1v) is 8.67.